The summed E-state index contributed by atoms with van der Waals surface area (Å²) >= 11 is 1.46. The first-order chi connectivity index (χ1) is 16.7. The van der Waals surface area contributed by atoms with Gasteiger partial charge in [-0.1, -0.05) is 18.2 Å². The average molecular weight is 480 g/mol. The first kappa shape index (κ1) is 23.7. The second-order valence-electron chi connectivity index (χ2n) is 8.11. The number of rotatable bonds is 10. The third-order valence-corrected chi connectivity index (χ3v) is 6.17. The zero-order valence-corrected chi connectivity index (χ0v) is 19.7. The third-order valence-electron chi connectivity index (χ3n) is 5.54. The summed E-state index contributed by atoms with van der Waals surface area (Å²) in [6.45, 7) is 3.53. The van der Waals surface area contributed by atoms with Crippen molar-refractivity contribution in [3.05, 3.63) is 71.2 Å². The lowest BCUT2D eigenvalue weighted by molar-refractivity contribution is -0.122. The van der Waals surface area contributed by atoms with E-state index in [9.17, 15) is 9.59 Å². The van der Waals surface area contributed by atoms with Crippen LogP contribution in [0.5, 0.6) is 11.5 Å². The molecule has 3 amide bonds. The van der Waals surface area contributed by atoms with E-state index < -0.39 is 12.1 Å². The standard InChI is InChI=1S/C25H29N5O3S/c31-24(26-12-15-30-13-4-5-14-30)23(16-20-17-34-18-27-20)29-25(32)28-19-8-10-22(11-9-19)33-21-6-2-1-3-7-21/h1-3,6-11,17-18,23H,4-5,12-16H2,(H,26,31)(H2,28,29,32). The first-order valence-electron chi connectivity index (χ1n) is 11.4. The molecule has 1 unspecified atom stereocenters. The lowest BCUT2D eigenvalue weighted by Crippen LogP contribution is -2.50. The molecule has 1 aliphatic heterocycles. The Balaban J connectivity index is 1.30. The van der Waals surface area contributed by atoms with Crippen LogP contribution < -0.4 is 20.7 Å². The maximum Gasteiger partial charge on any atom is 0.319 e. The summed E-state index contributed by atoms with van der Waals surface area (Å²) in [5, 5.41) is 10.4. The van der Waals surface area contributed by atoms with Crippen molar-refractivity contribution in [2.45, 2.75) is 25.3 Å². The number of likely N-dealkylation sites (tertiary alicyclic amines) is 1. The summed E-state index contributed by atoms with van der Waals surface area (Å²) in [7, 11) is 0. The molecule has 34 heavy (non-hydrogen) atoms. The Labute approximate surface area is 203 Å². The number of nitrogens with one attached hydrogen (secondary N) is 3. The van der Waals surface area contributed by atoms with Crippen LogP contribution in [0.15, 0.2) is 65.5 Å². The van der Waals surface area contributed by atoms with Crippen molar-refractivity contribution in [1.29, 1.82) is 0 Å². The molecular weight excluding hydrogens is 450 g/mol. The molecule has 9 heteroatoms. The van der Waals surface area contributed by atoms with Crippen LogP contribution in [0.2, 0.25) is 0 Å². The zero-order chi connectivity index (χ0) is 23.6. The average Bonchev–Trinajstić information content (AvgIpc) is 3.55. The highest BCUT2D eigenvalue weighted by atomic mass is 32.1. The fraction of sp³-hybridized carbons (Fsp3) is 0.320. The number of ether oxygens (including phenoxy) is 1. The molecule has 0 bridgehead atoms. The van der Waals surface area contributed by atoms with Crippen LogP contribution in [-0.4, -0.2) is 54.0 Å². The van der Waals surface area contributed by atoms with E-state index in [1.807, 2.05) is 35.7 Å². The maximum absolute atomic E-state index is 12.8. The van der Waals surface area contributed by atoms with Gasteiger partial charge in [0.05, 0.1) is 11.2 Å². The molecule has 3 N–H and O–H groups in total. The Hall–Kier alpha value is -3.43. The number of nitrogens with zero attached hydrogens (tertiary/aromatic N) is 2. The van der Waals surface area contributed by atoms with Crippen LogP contribution in [0.4, 0.5) is 10.5 Å². The van der Waals surface area contributed by atoms with E-state index in [1.165, 1.54) is 24.2 Å². The summed E-state index contributed by atoms with van der Waals surface area (Å²) in [5.74, 6) is 1.19. The normalized spacial score (nSPS) is 14.4. The van der Waals surface area contributed by atoms with Crippen molar-refractivity contribution in [3.63, 3.8) is 0 Å². The Kier molecular flexibility index (Phi) is 8.48. The quantitative estimate of drug-likeness (QED) is 0.410. The predicted molar refractivity (Wildman–Crippen MR) is 133 cm³/mol. The van der Waals surface area contributed by atoms with E-state index in [-0.39, 0.29) is 5.91 Å². The van der Waals surface area contributed by atoms with Gasteiger partial charge < -0.3 is 25.6 Å². The molecule has 0 saturated carbocycles. The van der Waals surface area contributed by atoms with Crippen molar-refractivity contribution in [2.24, 2.45) is 0 Å². The number of thiazole rings is 1. The molecule has 8 nitrogen and oxygen atoms in total. The molecule has 2 aromatic carbocycles. The molecule has 1 atom stereocenters. The zero-order valence-electron chi connectivity index (χ0n) is 18.9. The number of carbonyl (C=O) groups is 2. The Morgan fingerprint density at radius 3 is 2.47 bits per heavy atom. The summed E-state index contributed by atoms with van der Waals surface area (Å²) in [5.41, 5.74) is 3.09. The lowest BCUT2D eigenvalue weighted by Gasteiger charge is -2.20. The van der Waals surface area contributed by atoms with Crippen LogP contribution in [-0.2, 0) is 11.2 Å². The number of aromatic nitrogens is 1. The van der Waals surface area contributed by atoms with E-state index in [4.69, 9.17) is 4.74 Å². The predicted octanol–water partition coefficient (Wildman–Crippen LogP) is 3.88. The number of hydrogen-bond donors (Lipinski definition) is 3. The fourth-order valence-electron chi connectivity index (χ4n) is 3.78. The van der Waals surface area contributed by atoms with Crippen molar-refractivity contribution in [1.82, 2.24) is 20.5 Å². The first-order valence-corrected chi connectivity index (χ1v) is 12.4. The highest BCUT2D eigenvalue weighted by Gasteiger charge is 2.22. The fourth-order valence-corrected chi connectivity index (χ4v) is 4.35. The van der Waals surface area contributed by atoms with Gasteiger partial charge in [-0.05, 0) is 62.3 Å². The number of amides is 3. The van der Waals surface area contributed by atoms with Gasteiger partial charge in [-0.25, -0.2) is 9.78 Å². The van der Waals surface area contributed by atoms with Gasteiger partial charge in [-0.15, -0.1) is 11.3 Å². The molecule has 0 radical (unpaired) electrons. The molecule has 1 aliphatic rings. The van der Waals surface area contributed by atoms with Gasteiger partial charge in [0, 0.05) is 30.6 Å². The number of anilines is 1. The molecule has 1 aromatic heterocycles. The van der Waals surface area contributed by atoms with Crippen LogP contribution in [0.25, 0.3) is 0 Å². The second kappa shape index (κ2) is 12.2. The third kappa shape index (κ3) is 7.29. The van der Waals surface area contributed by atoms with Gasteiger partial charge in [0.15, 0.2) is 0 Å². The summed E-state index contributed by atoms with van der Waals surface area (Å²) in [4.78, 5) is 32.1. The Bertz CT molecular complexity index is 1040. The number of hydrogen-bond acceptors (Lipinski definition) is 6. The van der Waals surface area contributed by atoms with Crippen molar-refractivity contribution in [3.8, 4) is 11.5 Å². The largest absolute Gasteiger partial charge is 0.457 e. The summed E-state index contributed by atoms with van der Waals surface area (Å²) in [6, 6.07) is 15.4. The molecule has 4 rings (SSSR count). The van der Waals surface area contributed by atoms with Crippen molar-refractivity contribution in [2.75, 3.05) is 31.5 Å². The molecule has 2 heterocycles. The van der Waals surface area contributed by atoms with Crippen LogP contribution in [0.1, 0.15) is 18.5 Å². The monoisotopic (exact) mass is 479 g/mol. The summed E-state index contributed by atoms with van der Waals surface area (Å²) < 4.78 is 5.78. The molecule has 1 saturated heterocycles. The minimum Gasteiger partial charge on any atom is -0.457 e. The molecule has 0 spiro atoms. The van der Waals surface area contributed by atoms with E-state index in [1.54, 1.807) is 29.8 Å². The molecule has 178 valence electrons. The van der Waals surface area contributed by atoms with Crippen LogP contribution in [0, 0.1) is 0 Å². The molecular formula is C25H29N5O3S. The number of para-hydroxylation sites is 1. The Morgan fingerprint density at radius 2 is 1.76 bits per heavy atom. The molecule has 1 fully saturated rings. The Morgan fingerprint density at radius 1 is 1.03 bits per heavy atom. The number of carbonyl (C=O) groups excluding carboxylic acids is 2. The van der Waals surface area contributed by atoms with Crippen molar-refractivity contribution < 1.29 is 14.3 Å². The van der Waals surface area contributed by atoms with E-state index >= 15 is 0 Å². The van der Waals surface area contributed by atoms with Gasteiger partial charge in [0.25, 0.3) is 0 Å². The highest BCUT2D eigenvalue weighted by molar-refractivity contribution is 7.07. The SMILES string of the molecule is O=C(Nc1ccc(Oc2ccccc2)cc1)NC(Cc1cscn1)C(=O)NCCN1CCCC1. The van der Waals surface area contributed by atoms with Crippen molar-refractivity contribution >= 4 is 29.0 Å². The molecule has 3 aromatic rings. The van der Waals surface area contributed by atoms with E-state index in [0.717, 1.165) is 31.1 Å². The topological polar surface area (TPSA) is 95.6 Å². The van der Waals surface area contributed by atoms with Gasteiger partial charge in [-0.3, -0.25) is 4.79 Å². The van der Waals surface area contributed by atoms with E-state index in [2.05, 4.69) is 25.8 Å². The van der Waals surface area contributed by atoms with Gasteiger partial charge >= 0.3 is 6.03 Å². The number of benzene rings is 2. The van der Waals surface area contributed by atoms with Gasteiger partial charge in [0.2, 0.25) is 5.91 Å². The lowest BCUT2D eigenvalue weighted by atomic mass is 10.1. The minimum absolute atomic E-state index is 0.214. The number of urea groups is 1. The molecule has 0 aliphatic carbocycles. The van der Waals surface area contributed by atoms with Gasteiger partial charge in [-0.2, -0.15) is 0 Å². The van der Waals surface area contributed by atoms with E-state index in [0.29, 0.717) is 24.4 Å². The van der Waals surface area contributed by atoms with Crippen LogP contribution >= 0.6 is 11.3 Å². The maximum atomic E-state index is 12.8. The van der Waals surface area contributed by atoms with Gasteiger partial charge in [0.1, 0.15) is 17.5 Å². The second-order valence-corrected chi connectivity index (χ2v) is 8.83. The summed E-state index contributed by atoms with van der Waals surface area (Å²) in [6.07, 6.45) is 2.75. The van der Waals surface area contributed by atoms with Crippen LogP contribution in [0.3, 0.4) is 0 Å². The highest BCUT2D eigenvalue weighted by Crippen LogP contribution is 2.22. The minimum atomic E-state index is -0.721. The smallest absolute Gasteiger partial charge is 0.319 e.